The van der Waals surface area contributed by atoms with Crippen LogP contribution < -0.4 is 5.73 Å². The van der Waals surface area contributed by atoms with E-state index in [2.05, 4.69) is 30.3 Å². The summed E-state index contributed by atoms with van der Waals surface area (Å²) in [6.45, 7) is 2.04. The first kappa shape index (κ1) is 13.7. The van der Waals surface area contributed by atoms with Crippen LogP contribution in [0, 0.1) is 6.92 Å². The van der Waals surface area contributed by atoms with Gasteiger partial charge in [-0.3, -0.25) is 0 Å². The van der Waals surface area contributed by atoms with Crippen LogP contribution in [0.5, 0.6) is 0 Å². The molecule has 1 unspecified atom stereocenters. The van der Waals surface area contributed by atoms with Crippen LogP contribution in [0.3, 0.4) is 0 Å². The topological polar surface area (TPSA) is 26.0 Å². The standard InChI is InChI=1S/C18H20ClN/c1-12-8-9-16(17(19)10-12)18(20)15-7-3-6-14(11-15)13-4-2-5-13/h3,6-11,13,18H,2,4-5,20H2,1H3. The van der Waals surface area contributed by atoms with Crippen molar-refractivity contribution in [1.82, 2.24) is 0 Å². The molecule has 2 aromatic carbocycles. The minimum atomic E-state index is -0.150. The zero-order valence-corrected chi connectivity index (χ0v) is 12.5. The first-order valence-corrected chi connectivity index (χ1v) is 7.64. The normalized spacial score (nSPS) is 16.8. The summed E-state index contributed by atoms with van der Waals surface area (Å²) in [4.78, 5) is 0. The maximum Gasteiger partial charge on any atom is 0.0566 e. The highest BCUT2D eigenvalue weighted by Crippen LogP contribution is 2.37. The van der Waals surface area contributed by atoms with Gasteiger partial charge in [-0.2, -0.15) is 0 Å². The molecule has 0 amide bonds. The van der Waals surface area contributed by atoms with E-state index in [1.54, 1.807) is 0 Å². The van der Waals surface area contributed by atoms with Crippen molar-refractivity contribution in [3.8, 4) is 0 Å². The Bertz CT molecular complexity index is 617. The quantitative estimate of drug-likeness (QED) is 0.847. The van der Waals surface area contributed by atoms with Crippen LogP contribution in [0.25, 0.3) is 0 Å². The largest absolute Gasteiger partial charge is 0.320 e. The van der Waals surface area contributed by atoms with Crippen molar-refractivity contribution in [1.29, 1.82) is 0 Å². The monoisotopic (exact) mass is 285 g/mol. The van der Waals surface area contributed by atoms with E-state index in [9.17, 15) is 0 Å². The third-order valence-electron chi connectivity index (χ3n) is 4.34. The summed E-state index contributed by atoms with van der Waals surface area (Å²) in [6, 6.07) is 14.6. The Morgan fingerprint density at radius 2 is 1.95 bits per heavy atom. The molecule has 1 aliphatic rings. The van der Waals surface area contributed by atoms with Gasteiger partial charge >= 0.3 is 0 Å². The number of rotatable bonds is 3. The van der Waals surface area contributed by atoms with E-state index in [4.69, 9.17) is 17.3 Å². The fourth-order valence-electron chi connectivity index (χ4n) is 2.81. The number of aryl methyl sites for hydroxylation is 1. The zero-order chi connectivity index (χ0) is 14.1. The lowest BCUT2D eigenvalue weighted by Crippen LogP contribution is -2.14. The molecule has 0 spiro atoms. The van der Waals surface area contributed by atoms with Crippen molar-refractivity contribution in [3.63, 3.8) is 0 Å². The molecular weight excluding hydrogens is 266 g/mol. The molecule has 1 aliphatic carbocycles. The van der Waals surface area contributed by atoms with Crippen LogP contribution in [-0.2, 0) is 0 Å². The maximum atomic E-state index is 6.41. The lowest BCUT2D eigenvalue weighted by Gasteiger charge is -2.26. The second kappa shape index (κ2) is 5.59. The van der Waals surface area contributed by atoms with Gasteiger partial charge in [0.1, 0.15) is 0 Å². The Kier molecular flexibility index (Phi) is 3.82. The molecule has 0 aliphatic heterocycles. The molecule has 3 rings (SSSR count). The first-order valence-electron chi connectivity index (χ1n) is 7.26. The number of halogens is 1. The molecule has 0 aromatic heterocycles. The van der Waals surface area contributed by atoms with Crippen molar-refractivity contribution in [3.05, 3.63) is 69.7 Å². The highest BCUT2D eigenvalue weighted by molar-refractivity contribution is 6.31. The van der Waals surface area contributed by atoms with Gasteiger partial charge in [-0.15, -0.1) is 0 Å². The molecule has 1 saturated carbocycles. The summed E-state index contributed by atoms with van der Waals surface area (Å²) in [7, 11) is 0. The van der Waals surface area contributed by atoms with Crippen LogP contribution in [0.4, 0.5) is 0 Å². The van der Waals surface area contributed by atoms with E-state index in [-0.39, 0.29) is 6.04 Å². The van der Waals surface area contributed by atoms with E-state index in [0.29, 0.717) is 0 Å². The Morgan fingerprint density at radius 3 is 2.60 bits per heavy atom. The second-order valence-corrected chi connectivity index (χ2v) is 6.21. The molecule has 1 atom stereocenters. The smallest absolute Gasteiger partial charge is 0.0566 e. The Labute approximate surface area is 125 Å². The third kappa shape index (κ3) is 2.61. The molecule has 0 heterocycles. The number of nitrogens with two attached hydrogens (primary N) is 1. The number of hydrogen-bond donors (Lipinski definition) is 1. The van der Waals surface area contributed by atoms with Crippen LogP contribution in [0.2, 0.25) is 5.02 Å². The average molecular weight is 286 g/mol. The highest BCUT2D eigenvalue weighted by Gasteiger charge is 2.20. The molecular formula is C18H20ClN. The van der Waals surface area contributed by atoms with Crippen molar-refractivity contribution in [2.45, 2.75) is 38.1 Å². The van der Waals surface area contributed by atoms with Crippen LogP contribution >= 0.6 is 11.6 Å². The fraction of sp³-hybridized carbons (Fsp3) is 0.333. The second-order valence-electron chi connectivity index (χ2n) is 5.80. The van der Waals surface area contributed by atoms with Gasteiger partial charge in [-0.05, 0) is 54.0 Å². The van der Waals surface area contributed by atoms with Crippen molar-refractivity contribution in [2.75, 3.05) is 0 Å². The van der Waals surface area contributed by atoms with Gasteiger partial charge in [0.15, 0.2) is 0 Å². The fourth-order valence-corrected chi connectivity index (χ4v) is 3.16. The maximum absolute atomic E-state index is 6.41. The van der Waals surface area contributed by atoms with Gasteiger partial charge < -0.3 is 5.73 Å². The lowest BCUT2D eigenvalue weighted by atomic mass is 9.79. The zero-order valence-electron chi connectivity index (χ0n) is 11.8. The summed E-state index contributed by atoms with van der Waals surface area (Å²) in [5.41, 5.74) is 11.2. The predicted molar refractivity (Wildman–Crippen MR) is 85.3 cm³/mol. The summed E-state index contributed by atoms with van der Waals surface area (Å²) in [6.07, 6.45) is 3.97. The van der Waals surface area contributed by atoms with Gasteiger partial charge in [0, 0.05) is 5.02 Å². The highest BCUT2D eigenvalue weighted by atomic mass is 35.5. The van der Waals surface area contributed by atoms with Gasteiger partial charge in [0.25, 0.3) is 0 Å². The molecule has 1 fully saturated rings. The predicted octanol–water partition coefficient (Wildman–Crippen LogP) is 4.96. The van der Waals surface area contributed by atoms with Gasteiger partial charge in [0.2, 0.25) is 0 Å². The Hall–Kier alpha value is -1.31. The summed E-state index contributed by atoms with van der Waals surface area (Å²) in [5.74, 6) is 0.732. The van der Waals surface area contributed by atoms with Crippen molar-refractivity contribution < 1.29 is 0 Å². The van der Waals surface area contributed by atoms with Crippen LogP contribution in [0.15, 0.2) is 42.5 Å². The summed E-state index contributed by atoms with van der Waals surface area (Å²) in [5, 5.41) is 0.756. The molecule has 1 nitrogen and oxygen atoms in total. The average Bonchev–Trinajstić information content (AvgIpc) is 2.36. The molecule has 2 N–H and O–H groups in total. The molecule has 0 radical (unpaired) electrons. The summed E-state index contributed by atoms with van der Waals surface area (Å²) >= 11 is 6.34. The van der Waals surface area contributed by atoms with Crippen molar-refractivity contribution in [2.24, 2.45) is 5.73 Å². The van der Waals surface area contributed by atoms with E-state index in [1.165, 1.54) is 24.8 Å². The Balaban J connectivity index is 1.91. The summed E-state index contributed by atoms with van der Waals surface area (Å²) < 4.78 is 0. The minimum Gasteiger partial charge on any atom is -0.320 e. The number of benzene rings is 2. The molecule has 0 saturated heterocycles. The SMILES string of the molecule is Cc1ccc(C(N)c2cccc(C3CCC3)c2)c(Cl)c1. The van der Waals surface area contributed by atoms with E-state index < -0.39 is 0 Å². The van der Waals surface area contributed by atoms with Gasteiger partial charge in [-0.25, -0.2) is 0 Å². The Morgan fingerprint density at radius 1 is 1.15 bits per heavy atom. The minimum absolute atomic E-state index is 0.150. The molecule has 2 heteroatoms. The van der Waals surface area contributed by atoms with Crippen molar-refractivity contribution >= 4 is 11.6 Å². The van der Waals surface area contributed by atoms with Crippen LogP contribution in [0.1, 0.15) is 53.5 Å². The molecule has 104 valence electrons. The van der Waals surface area contributed by atoms with E-state index in [1.807, 2.05) is 19.1 Å². The molecule has 2 aromatic rings. The first-order chi connectivity index (χ1) is 9.65. The van der Waals surface area contributed by atoms with E-state index >= 15 is 0 Å². The third-order valence-corrected chi connectivity index (χ3v) is 4.66. The molecule has 0 bridgehead atoms. The molecule has 20 heavy (non-hydrogen) atoms. The van der Waals surface area contributed by atoms with Crippen LogP contribution in [-0.4, -0.2) is 0 Å². The number of hydrogen-bond acceptors (Lipinski definition) is 1. The lowest BCUT2D eigenvalue weighted by molar-refractivity contribution is 0.419. The van der Waals surface area contributed by atoms with Gasteiger partial charge in [-0.1, -0.05) is 54.4 Å². The van der Waals surface area contributed by atoms with Gasteiger partial charge in [0.05, 0.1) is 6.04 Å². The van der Waals surface area contributed by atoms with E-state index in [0.717, 1.165) is 27.6 Å².